The first-order valence-electron chi connectivity index (χ1n) is 6.64. The van der Waals surface area contributed by atoms with Crippen molar-refractivity contribution in [2.75, 3.05) is 13.1 Å². The van der Waals surface area contributed by atoms with Gasteiger partial charge < -0.3 is 10.2 Å². The Balaban J connectivity index is 2.14. The first-order valence-corrected chi connectivity index (χ1v) is 7.58. The van der Waals surface area contributed by atoms with Gasteiger partial charge in [-0.1, -0.05) is 6.92 Å². The molecule has 0 aromatic carbocycles. The van der Waals surface area contributed by atoms with Crippen LogP contribution in [-0.2, 0) is 4.79 Å². The number of carbonyl (C=O) groups is 1. The first kappa shape index (κ1) is 13.6. The maximum absolute atomic E-state index is 12.6. The summed E-state index contributed by atoms with van der Waals surface area (Å²) >= 11 is 1.70. The molecule has 1 amide bonds. The van der Waals surface area contributed by atoms with Gasteiger partial charge in [-0.15, -0.1) is 0 Å². The molecule has 18 heavy (non-hydrogen) atoms. The van der Waals surface area contributed by atoms with E-state index >= 15 is 0 Å². The maximum Gasteiger partial charge on any atom is 0.242 e. The molecule has 1 fully saturated rings. The molecular weight excluding hydrogens is 244 g/mol. The molecule has 1 atom stereocenters. The number of hydrogen-bond donors (Lipinski definition) is 1. The summed E-state index contributed by atoms with van der Waals surface area (Å²) in [7, 11) is 0. The van der Waals surface area contributed by atoms with Crippen molar-refractivity contribution in [2.45, 2.75) is 45.2 Å². The summed E-state index contributed by atoms with van der Waals surface area (Å²) in [5.41, 5.74) is 0.825. The fourth-order valence-electron chi connectivity index (χ4n) is 2.70. The van der Waals surface area contributed by atoms with Gasteiger partial charge in [-0.25, -0.2) is 0 Å². The number of hydrogen-bond acceptors (Lipinski definition) is 3. The Bertz CT molecular complexity index is 400. The van der Waals surface area contributed by atoms with Crippen molar-refractivity contribution >= 4 is 17.2 Å². The summed E-state index contributed by atoms with van der Waals surface area (Å²) < 4.78 is 0. The van der Waals surface area contributed by atoms with Gasteiger partial charge in [-0.3, -0.25) is 4.79 Å². The van der Waals surface area contributed by atoms with Crippen LogP contribution in [0.25, 0.3) is 0 Å². The highest BCUT2D eigenvalue weighted by atomic mass is 32.1. The zero-order chi connectivity index (χ0) is 13.2. The van der Waals surface area contributed by atoms with Crippen LogP contribution in [0.3, 0.4) is 0 Å². The molecule has 0 saturated carbocycles. The van der Waals surface area contributed by atoms with Crippen molar-refractivity contribution in [1.29, 1.82) is 0 Å². The van der Waals surface area contributed by atoms with E-state index in [0.29, 0.717) is 0 Å². The van der Waals surface area contributed by atoms with Crippen LogP contribution in [0.15, 0.2) is 16.8 Å². The minimum Gasteiger partial charge on any atom is -0.334 e. The van der Waals surface area contributed by atoms with Crippen LogP contribution in [0.4, 0.5) is 0 Å². The molecule has 1 saturated heterocycles. The van der Waals surface area contributed by atoms with E-state index in [2.05, 4.69) is 22.1 Å². The second kappa shape index (κ2) is 5.41. The number of nitrogens with one attached hydrogen (secondary N) is 1. The number of rotatable bonds is 4. The average Bonchev–Trinajstić information content (AvgIpc) is 2.98. The summed E-state index contributed by atoms with van der Waals surface area (Å²) in [6.07, 6.45) is 2.19. The number of likely N-dealkylation sites (N-methyl/N-ethyl adjacent to an activating group) is 1. The van der Waals surface area contributed by atoms with Crippen LogP contribution in [0.5, 0.6) is 0 Å². The van der Waals surface area contributed by atoms with Crippen molar-refractivity contribution in [3.63, 3.8) is 0 Å². The smallest absolute Gasteiger partial charge is 0.242 e. The summed E-state index contributed by atoms with van der Waals surface area (Å²) in [6.45, 7) is 7.68. The molecule has 4 heteroatoms. The quantitative estimate of drug-likeness (QED) is 0.909. The Labute approximate surface area is 113 Å². The number of thiophene rings is 1. The van der Waals surface area contributed by atoms with Crippen molar-refractivity contribution in [2.24, 2.45) is 0 Å². The molecule has 1 aliphatic heterocycles. The minimum atomic E-state index is -0.465. The minimum absolute atomic E-state index is 0.220. The number of carbonyl (C=O) groups excluding carboxylic acids is 1. The van der Waals surface area contributed by atoms with Gasteiger partial charge in [0, 0.05) is 6.54 Å². The molecule has 1 aliphatic rings. The van der Waals surface area contributed by atoms with E-state index in [1.807, 2.05) is 25.7 Å². The van der Waals surface area contributed by atoms with Gasteiger partial charge >= 0.3 is 0 Å². The van der Waals surface area contributed by atoms with E-state index in [1.165, 1.54) is 5.56 Å². The number of amides is 1. The van der Waals surface area contributed by atoms with Gasteiger partial charge in [0.25, 0.3) is 0 Å². The molecular formula is C14H22N2OS. The molecule has 100 valence electrons. The molecule has 2 rings (SSSR count). The Kier molecular flexibility index (Phi) is 4.07. The number of nitrogens with zero attached hydrogens (tertiary/aromatic N) is 1. The van der Waals surface area contributed by atoms with Crippen LogP contribution in [0.1, 0.15) is 45.2 Å². The van der Waals surface area contributed by atoms with Crippen LogP contribution in [0.2, 0.25) is 0 Å². The van der Waals surface area contributed by atoms with Gasteiger partial charge in [-0.05, 0) is 55.6 Å². The molecule has 0 radical (unpaired) electrons. The van der Waals surface area contributed by atoms with Crippen molar-refractivity contribution in [3.8, 4) is 0 Å². The molecule has 3 nitrogen and oxygen atoms in total. The van der Waals surface area contributed by atoms with Gasteiger partial charge in [0.2, 0.25) is 5.91 Å². The van der Waals surface area contributed by atoms with Crippen molar-refractivity contribution in [1.82, 2.24) is 10.2 Å². The Morgan fingerprint density at radius 3 is 3.00 bits per heavy atom. The van der Waals surface area contributed by atoms with Crippen LogP contribution < -0.4 is 5.32 Å². The molecule has 2 heterocycles. The predicted octanol–water partition coefficient (Wildman–Crippen LogP) is 2.80. The molecule has 0 aliphatic carbocycles. The van der Waals surface area contributed by atoms with Gasteiger partial charge in [0.1, 0.15) is 0 Å². The SMILES string of the molecule is CCNC(C)(C)C(=O)N1CCCC1c1ccsc1. The second-order valence-electron chi connectivity index (χ2n) is 5.37. The van der Waals surface area contributed by atoms with Gasteiger partial charge in [0.05, 0.1) is 11.6 Å². The molecule has 1 aromatic heterocycles. The fourth-order valence-corrected chi connectivity index (χ4v) is 3.40. The number of likely N-dealkylation sites (tertiary alicyclic amines) is 1. The summed E-state index contributed by atoms with van der Waals surface area (Å²) in [4.78, 5) is 14.7. The lowest BCUT2D eigenvalue weighted by Gasteiger charge is -2.33. The molecule has 0 spiro atoms. The second-order valence-corrected chi connectivity index (χ2v) is 6.15. The summed E-state index contributed by atoms with van der Waals surface area (Å²) in [5.74, 6) is 0.220. The van der Waals surface area contributed by atoms with Gasteiger partial charge in [0.15, 0.2) is 0 Å². The van der Waals surface area contributed by atoms with Gasteiger partial charge in [-0.2, -0.15) is 11.3 Å². The predicted molar refractivity (Wildman–Crippen MR) is 75.8 cm³/mol. The molecule has 1 N–H and O–H groups in total. The Morgan fingerprint density at radius 1 is 1.61 bits per heavy atom. The highest BCUT2D eigenvalue weighted by Crippen LogP contribution is 2.34. The third-order valence-corrected chi connectivity index (χ3v) is 4.30. The first-order chi connectivity index (χ1) is 8.56. The van der Waals surface area contributed by atoms with E-state index < -0.39 is 5.54 Å². The van der Waals surface area contributed by atoms with E-state index in [0.717, 1.165) is 25.9 Å². The van der Waals surface area contributed by atoms with Crippen LogP contribution in [-0.4, -0.2) is 29.4 Å². The Hall–Kier alpha value is -0.870. The zero-order valence-corrected chi connectivity index (χ0v) is 12.2. The fraction of sp³-hybridized carbons (Fsp3) is 0.643. The van der Waals surface area contributed by atoms with E-state index in [4.69, 9.17) is 0 Å². The molecule has 1 unspecified atom stereocenters. The highest BCUT2D eigenvalue weighted by molar-refractivity contribution is 7.07. The lowest BCUT2D eigenvalue weighted by Crippen LogP contribution is -2.53. The zero-order valence-electron chi connectivity index (χ0n) is 11.4. The third kappa shape index (κ3) is 2.59. The van der Waals surface area contributed by atoms with E-state index in [-0.39, 0.29) is 11.9 Å². The third-order valence-electron chi connectivity index (χ3n) is 3.60. The van der Waals surface area contributed by atoms with E-state index in [9.17, 15) is 4.79 Å². The monoisotopic (exact) mass is 266 g/mol. The van der Waals surface area contributed by atoms with E-state index in [1.54, 1.807) is 11.3 Å². The largest absolute Gasteiger partial charge is 0.334 e. The lowest BCUT2D eigenvalue weighted by atomic mass is 10.0. The normalized spacial score (nSPS) is 20.4. The molecule has 0 bridgehead atoms. The summed E-state index contributed by atoms with van der Waals surface area (Å²) in [6, 6.07) is 2.42. The molecule has 1 aromatic rings. The lowest BCUT2D eigenvalue weighted by molar-refractivity contribution is -0.138. The van der Waals surface area contributed by atoms with Crippen molar-refractivity contribution in [3.05, 3.63) is 22.4 Å². The van der Waals surface area contributed by atoms with Crippen LogP contribution >= 0.6 is 11.3 Å². The maximum atomic E-state index is 12.6. The summed E-state index contributed by atoms with van der Waals surface area (Å²) in [5, 5.41) is 7.53. The Morgan fingerprint density at radius 2 is 2.39 bits per heavy atom. The topological polar surface area (TPSA) is 32.3 Å². The standard InChI is InChI=1S/C14H22N2OS/c1-4-15-14(2,3)13(17)16-8-5-6-12(16)11-7-9-18-10-11/h7,9-10,12,15H,4-6,8H2,1-3H3. The highest BCUT2D eigenvalue weighted by Gasteiger charge is 2.37. The van der Waals surface area contributed by atoms with Crippen molar-refractivity contribution < 1.29 is 4.79 Å². The average molecular weight is 266 g/mol. The van der Waals surface area contributed by atoms with Crippen LogP contribution in [0, 0.1) is 0 Å².